The second-order valence-electron chi connectivity index (χ2n) is 1.81. The van der Waals surface area contributed by atoms with Crippen molar-refractivity contribution in [1.29, 1.82) is 5.26 Å². The van der Waals surface area contributed by atoms with E-state index < -0.39 is 21.7 Å². The molecule has 0 aliphatic carbocycles. The minimum Gasteiger partial charge on any atom is -0.468 e. The van der Waals surface area contributed by atoms with Crippen LogP contribution in [0, 0.1) is 11.3 Å². The lowest BCUT2D eigenvalue weighted by Gasteiger charge is -2.00. The van der Waals surface area contributed by atoms with Gasteiger partial charge in [-0.1, -0.05) is 0 Å². The molecule has 0 unspecified atom stereocenters. The predicted octanol–water partition coefficient (Wildman–Crippen LogP) is -1.40. The van der Waals surface area contributed by atoms with Gasteiger partial charge in [0.05, 0.1) is 19.7 Å². The lowest BCUT2D eigenvalue weighted by atomic mass is 10.8. The Kier molecular flexibility index (Phi) is 4.25. The Morgan fingerprint density at radius 3 is 2.67 bits per heavy atom. The standard InChI is InChI=1S/C5H8N2O4S/c1-11-5(8)4-12(9,10)7-3-2-6/h7H,3-4H2,1H3. The Bertz CT molecular complexity index is 289. The van der Waals surface area contributed by atoms with Crippen molar-refractivity contribution in [2.45, 2.75) is 0 Å². The number of carbonyl (C=O) groups excluding carboxylic acids is 1. The number of hydrogen-bond donors (Lipinski definition) is 1. The SMILES string of the molecule is COC(=O)CS(=O)(=O)NCC#N. The van der Waals surface area contributed by atoms with Crippen LogP contribution in [0.2, 0.25) is 0 Å². The van der Waals surface area contributed by atoms with E-state index in [2.05, 4.69) is 4.74 Å². The lowest BCUT2D eigenvalue weighted by molar-refractivity contribution is -0.137. The Morgan fingerprint density at radius 2 is 2.25 bits per heavy atom. The summed E-state index contributed by atoms with van der Waals surface area (Å²) in [5, 5.41) is 8.03. The summed E-state index contributed by atoms with van der Waals surface area (Å²) in [6.07, 6.45) is 0. The topological polar surface area (TPSA) is 96.3 Å². The Hall–Kier alpha value is -1.13. The van der Waals surface area contributed by atoms with Gasteiger partial charge in [0, 0.05) is 0 Å². The number of hydrogen-bond acceptors (Lipinski definition) is 5. The van der Waals surface area contributed by atoms with Gasteiger partial charge >= 0.3 is 5.97 Å². The molecule has 0 rings (SSSR count). The van der Waals surface area contributed by atoms with Gasteiger partial charge in [-0.15, -0.1) is 0 Å². The van der Waals surface area contributed by atoms with Crippen molar-refractivity contribution in [3.8, 4) is 6.07 Å². The Balaban J connectivity index is 4.07. The van der Waals surface area contributed by atoms with E-state index in [0.717, 1.165) is 7.11 Å². The number of nitrogens with zero attached hydrogens (tertiary/aromatic N) is 1. The molecule has 0 saturated heterocycles. The largest absolute Gasteiger partial charge is 0.468 e. The summed E-state index contributed by atoms with van der Waals surface area (Å²) in [5.74, 6) is -1.62. The van der Waals surface area contributed by atoms with Crippen LogP contribution >= 0.6 is 0 Å². The summed E-state index contributed by atoms with van der Waals surface area (Å²) in [6, 6.07) is 1.57. The van der Waals surface area contributed by atoms with Crippen LogP contribution in [0.25, 0.3) is 0 Å². The molecular formula is C5H8N2O4S. The summed E-state index contributed by atoms with van der Waals surface area (Å²) in [5.41, 5.74) is 0. The van der Waals surface area contributed by atoms with Gasteiger partial charge in [-0.2, -0.15) is 5.26 Å². The molecule has 7 heteroatoms. The van der Waals surface area contributed by atoms with Gasteiger partial charge in [0.25, 0.3) is 0 Å². The van der Waals surface area contributed by atoms with E-state index >= 15 is 0 Å². The lowest BCUT2D eigenvalue weighted by Crippen LogP contribution is -2.30. The summed E-state index contributed by atoms with van der Waals surface area (Å²) in [7, 11) is -2.62. The van der Waals surface area contributed by atoms with Gasteiger partial charge in [-0.25, -0.2) is 13.1 Å². The molecule has 0 aromatic carbocycles. The molecule has 0 aliphatic heterocycles. The van der Waals surface area contributed by atoms with Gasteiger partial charge < -0.3 is 4.74 Å². The number of nitrogens with one attached hydrogen (secondary N) is 1. The van der Waals surface area contributed by atoms with E-state index in [1.165, 1.54) is 0 Å². The second kappa shape index (κ2) is 4.69. The highest BCUT2D eigenvalue weighted by atomic mass is 32.2. The fraction of sp³-hybridized carbons (Fsp3) is 0.600. The molecule has 0 aromatic rings. The van der Waals surface area contributed by atoms with E-state index in [1.807, 2.05) is 4.72 Å². The molecule has 68 valence electrons. The van der Waals surface area contributed by atoms with Crippen molar-refractivity contribution in [1.82, 2.24) is 4.72 Å². The number of methoxy groups -OCH3 is 1. The van der Waals surface area contributed by atoms with Crippen LogP contribution in [0.5, 0.6) is 0 Å². The molecular weight excluding hydrogens is 184 g/mol. The van der Waals surface area contributed by atoms with Gasteiger partial charge in [0.15, 0.2) is 5.75 Å². The summed E-state index contributed by atoms with van der Waals surface area (Å²) >= 11 is 0. The van der Waals surface area contributed by atoms with E-state index in [-0.39, 0.29) is 6.54 Å². The first kappa shape index (κ1) is 10.9. The molecule has 0 saturated carbocycles. The van der Waals surface area contributed by atoms with E-state index in [0.29, 0.717) is 0 Å². The third-order valence-electron chi connectivity index (χ3n) is 0.907. The van der Waals surface area contributed by atoms with Gasteiger partial charge in [-0.3, -0.25) is 4.79 Å². The minimum atomic E-state index is -3.70. The zero-order chi connectivity index (χ0) is 9.61. The number of esters is 1. The maximum absolute atomic E-state index is 10.8. The van der Waals surface area contributed by atoms with E-state index in [9.17, 15) is 13.2 Å². The van der Waals surface area contributed by atoms with Crippen molar-refractivity contribution in [2.24, 2.45) is 0 Å². The van der Waals surface area contributed by atoms with Crippen molar-refractivity contribution >= 4 is 16.0 Å². The third kappa shape index (κ3) is 4.65. The van der Waals surface area contributed by atoms with E-state index in [1.54, 1.807) is 6.07 Å². The monoisotopic (exact) mass is 192 g/mol. The minimum absolute atomic E-state index is 0.348. The zero-order valence-electron chi connectivity index (χ0n) is 6.40. The third-order valence-corrected chi connectivity index (χ3v) is 2.11. The molecule has 0 aliphatic rings. The smallest absolute Gasteiger partial charge is 0.322 e. The molecule has 0 heterocycles. The number of ether oxygens (including phenoxy) is 1. The number of carbonyl (C=O) groups is 1. The summed E-state index contributed by atoms with van der Waals surface area (Å²) in [6.45, 7) is -0.348. The molecule has 0 amide bonds. The van der Waals surface area contributed by atoms with Crippen LogP contribution in [-0.2, 0) is 19.6 Å². The highest BCUT2D eigenvalue weighted by molar-refractivity contribution is 7.90. The average molecular weight is 192 g/mol. The number of nitriles is 1. The van der Waals surface area contributed by atoms with E-state index in [4.69, 9.17) is 5.26 Å². The van der Waals surface area contributed by atoms with Crippen LogP contribution < -0.4 is 4.72 Å². The van der Waals surface area contributed by atoms with Crippen LogP contribution in [0.3, 0.4) is 0 Å². The summed E-state index contributed by atoms with van der Waals surface area (Å²) in [4.78, 5) is 10.5. The first-order valence-electron chi connectivity index (χ1n) is 2.93. The van der Waals surface area contributed by atoms with Crippen LogP contribution in [0.4, 0.5) is 0 Å². The first-order valence-corrected chi connectivity index (χ1v) is 4.58. The normalized spacial score (nSPS) is 10.3. The molecule has 1 N–H and O–H groups in total. The second-order valence-corrected chi connectivity index (χ2v) is 3.62. The van der Waals surface area contributed by atoms with Gasteiger partial charge in [-0.05, 0) is 0 Å². The zero-order valence-corrected chi connectivity index (χ0v) is 7.22. The average Bonchev–Trinajstić information content (AvgIpc) is 2.00. The molecule has 12 heavy (non-hydrogen) atoms. The Labute approximate surface area is 70.2 Å². The van der Waals surface area contributed by atoms with Crippen molar-refractivity contribution in [2.75, 3.05) is 19.4 Å². The molecule has 0 fully saturated rings. The van der Waals surface area contributed by atoms with Crippen molar-refractivity contribution in [3.05, 3.63) is 0 Å². The first-order chi connectivity index (χ1) is 5.52. The van der Waals surface area contributed by atoms with Crippen LogP contribution in [-0.4, -0.2) is 33.8 Å². The Morgan fingerprint density at radius 1 is 1.67 bits per heavy atom. The van der Waals surface area contributed by atoms with Gasteiger partial charge in [0.2, 0.25) is 10.0 Å². The van der Waals surface area contributed by atoms with Crippen LogP contribution in [0.1, 0.15) is 0 Å². The maximum Gasteiger partial charge on any atom is 0.322 e. The van der Waals surface area contributed by atoms with Gasteiger partial charge in [0.1, 0.15) is 0 Å². The maximum atomic E-state index is 10.8. The quantitative estimate of drug-likeness (QED) is 0.436. The molecule has 0 atom stereocenters. The highest BCUT2D eigenvalue weighted by Gasteiger charge is 2.15. The molecule has 0 bridgehead atoms. The van der Waals surface area contributed by atoms with Crippen molar-refractivity contribution < 1.29 is 17.9 Å². The molecule has 6 nitrogen and oxygen atoms in total. The molecule has 0 radical (unpaired) electrons. The number of sulfonamides is 1. The number of rotatable bonds is 4. The summed E-state index contributed by atoms with van der Waals surface area (Å²) < 4.78 is 27.6. The van der Waals surface area contributed by atoms with Crippen molar-refractivity contribution in [3.63, 3.8) is 0 Å². The predicted molar refractivity (Wildman–Crippen MR) is 39.4 cm³/mol. The fourth-order valence-electron chi connectivity index (χ4n) is 0.407. The highest BCUT2D eigenvalue weighted by Crippen LogP contribution is 1.85. The van der Waals surface area contributed by atoms with Crippen LogP contribution in [0.15, 0.2) is 0 Å². The fourth-order valence-corrected chi connectivity index (χ4v) is 1.22. The molecule has 0 spiro atoms. The molecule has 0 aromatic heterocycles.